The third-order valence-electron chi connectivity index (χ3n) is 8.30. The van der Waals surface area contributed by atoms with Crippen molar-refractivity contribution in [1.29, 1.82) is 0 Å². The molecule has 0 aromatic heterocycles. The fourth-order valence-corrected chi connectivity index (χ4v) is 5.96. The summed E-state index contributed by atoms with van der Waals surface area (Å²) in [5.74, 6) is -0.855. The molecule has 2 aromatic carbocycles. The lowest BCUT2D eigenvalue weighted by molar-refractivity contribution is -0.135. The Balaban J connectivity index is 1.64. The zero-order valence-electron chi connectivity index (χ0n) is 29.9. The van der Waals surface area contributed by atoms with E-state index < -0.39 is 18.0 Å². The Morgan fingerprint density at radius 1 is 0.706 bits per heavy atom. The van der Waals surface area contributed by atoms with Crippen molar-refractivity contribution in [1.82, 2.24) is 9.80 Å². The molecule has 0 aliphatic carbocycles. The molecule has 3 rings (SSSR count). The first kappa shape index (κ1) is 40.2. The van der Waals surface area contributed by atoms with E-state index in [1.165, 1.54) is 42.7 Å². The highest BCUT2D eigenvalue weighted by Crippen LogP contribution is 2.41. The number of aliphatic carboxylic acids is 2. The van der Waals surface area contributed by atoms with Crippen molar-refractivity contribution in [2.75, 3.05) is 86.0 Å². The Bertz CT molecular complexity index is 1510. The number of hydrogen-bond acceptors (Lipinski definition) is 12. The Hall–Kier alpha value is -5.22. The van der Waals surface area contributed by atoms with Crippen molar-refractivity contribution in [3.63, 3.8) is 0 Å². The van der Waals surface area contributed by atoms with Crippen molar-refractivity contribution >= 4 is 35.1 Å². The molecule has 1 saturated heterocycles. The quantitative estimate of drug-likeness (QED) is 0.155. The summed E-state index contributed by atoms with van der Waals surface area (Å²) in [6.07, 6.45) is 2.55. The van der Waals surface area contributed by atoms with Crippen LogP contribution in [0.2, 0.25) is 0 Å². The van der Waals surface area contributed by atoms with Gasteiger partial charge < -0.3 is 54.2 Å². The molecule has 16 heteroatoms. The van der Waals surface area contributed by atoms with Crippen LogP contribution in [-0.2, 0) is 19.2 Å². The predicted molar refractivity (Wildman–Crippen MR) is 188 cm³/mol. The fourth-order valence-electron chi connectivity index (χ4n) is 5.96. The number of carbonyl (C=O) groups is 4. The van der Waals surface area contributed by atoms with Gasteiger partial charge in [-0.15, -0.1) is 0 Å². The Morgan fingerprint density at radius 3 is 1.55 bits per heavy atom. The van der Waals surface area contributed by atoms with E-state index in [0.717, 1.165) is 6.08 Å². The molecule has 0 spiro atoms. The second-order valence-corrected chi connectivity index (χ2v) is 11.6. The molecule has 1 atom stereocenters. The molecular formula is C35H48N4O12. The van der Waals surface area contributed by atoms with Crippen LogP contribution >= 0.6 is 0 Å². The molecule has 4 N–H and O–H groups in total. The van der Waals surface area contributed by atoms with Crippen LogP contribution in [0.1, 0.15) is 32.1 Å². The Morgan fingerprint density at radius 2 is 1.16 bits per heavy atom. The molecular weight excluding hydrogens is 668 g/mol. The van der Waals surface area contributed by atoms with Gasteiger partial charge in [-0.3, -0.25) is 14.5 Å². The summed E-state index contributed by atoms with van der Waals surface area (Å²) < 4.78 is 32.1. The van der Waals surface area contributed by atoms with Crippen LogP contribution in [0.4, 0.5) is 11.4 Å². The van der Waals surface area contributed by atoms with Gasteiger partial charge >= 0.3 is 11.9 Å². The van der Waals surface area contributed by atoms with Gasteiger partial charge in [-0.2, -0.15) is 0 Å². The minimum atomic E-state index is -1.36. The van der Waals surface area contributed by atoms with Crippen molar-refractivity contribution in [3.8, 4) is 34.5 Å². The summed E-state index contributed by atoms with van der Waals surface area (Å²) >= 11 is 0. The van der Waals surface area contributed by atoms with Crippen molar-refractivity contribution in [2.45, 2.75) is 38.1 Å². The van der Waals surface area contributed by atoms with Crippen LogP contribution in [0, 0.1) is 0 Å². The maximum Gasteiger partial charge on any atom is 0.333 e. The number of ether oxygens (including phenoxy) is 6. The summed E-state index contributed by atoms with van der Waals surface area (Å²) in [7, 11) is 8.88. The summed E-state index contributed by atoms with van der Waals surface area (Å²) in [6, 6.07) is 5.74. The third kappa shape index (κ3) is 11.4. The van der Waals surface area contributed by atoms with Crippen molar-refractivity contribution < 1.29 is 57.8 Å². The molecule has 0 saturated carbocycles. The standard InChI is InChI=1S/C35H48N4O12/c1-46-26-16-22(17-27(47-2)33(26)50-5)36-30(40)10-7-12-38-13-9-15-39(25(21-38)24(35(44)45)20-32(42)43)14-8-11-31(41)37-23-18-28(48-3)34(51-6)29(19-23)49-4/h16-20,25H,7-15,21H2,1-6H3,(H,36,40)(H,37,41)(H,42,43)(H,44,45)/b24-20+. The first-order valence-electron chi connectivity index (χ1n) is 16.3. The molecule has 2 aromatic rings. The Labute approximate surface area is 297 Å². The van der Waals surface area contributed by atoms with Crippen LogP contribution in [0.5, 0.6) is 34.5 Å². The number of methoxy groups -OCH3 is 6. The van der Waals surface area contributed by atoms with Gasteiger partial charge in [0.1, 0.15) is 0 Å². The number of amides is 2. The number of hydrogen-bond donors (Lipinski definition) is 4. The zero-order chi connectivity index (χ0) is 37.5. The topological polar surface area (TPSA) is 195 Å². The van der Waals surface area contributed by atoms with Gasteiger partial charge in [0.05, 0.1) is 54.3 Å². The van der Waals surface area contributed by atoms with Gasteiger partial charge in [-0.1, -0.05) is 0 Å². The van der Waals surface area contributed by atoms with Crippen molar-refractivity contribution in [3.05, 3.63) is 35.9 Å². The number of carbonyl (C=O) groups excluding carboxylic acids is 2. The van der Waals surface area contributed by atoms with E-state index in [1.807, 2.05) is 9.80 Å². The first-order valence-corrected chi connectivity index (χ1v) is 16.3. The van der Waals surface area contributed by atoms with Gasteiger partial charge in [0.15, 0.2) is 23.0 Å². The number of anilines is 2. The predicted octanol–water partition coefficient (Wildman–Crippen LogP) is 3.35. The van der Waals surface area contributed by atoms with Gasteiger partial charge in [-0.25, -0.2) is 9.59 Å². The second-order valence-electron chi connectivity index (χ2n) is 11.6. The molecule has 0 bridgehead atoms. The van der Waals surface area contributed by atoms with E-state index in [1.54, 1.807) is 24.3 Å². The Kier molecular flexibility index (Phi) is 15.6. The molecule has 16 nitrogen and oxygen atoms in total. The van der Waals surface area contributed by atoms with Gasteiger partial charge in [-0.05, 0) is 38.9 Å². The van der Waals surface area contributed by atoms with Gasteiger partial charge in [0, 0.05) is 67.6 Å². The van der Waals surface area contributed by atoms with Crippen LogP contribution in [0.3, 0.4) is 0 Å². The van der Waals surface area contributed by atoms with Gasteiger partial charge in [0.25, 0.3) is 0 Å². The van der Waals surface area contributed by atoms with E-state index in [2.05, 4.69) is 10.6 Å². The smallest absolute Gasteiger partial charge is 0.333 e. The highest BCUT2D eigenvalue weighted by molar-refractivity contribution is 5.96. The van der Waals surface area contributed by atoms with E-state index in [4.69, 9.17) is 28.4 Å². The van der Waals surface area contributed by atoms with Crippen LogP contribution < -0.4 is 39.1 Å². The summed E-state index contributed by atoms with van der Waals surface area (Å²) in [5, 5.41) is 25.2. The number of benzene rings is 2. The van der Waals surface area contributed by atoms with Crippen LogP contribution in [-0.4, -0.2) is 125 Å². The minimum absolute atomic E-state index is 0.121. The van der Waals surface area contributed by atoms with Gasteiger partial charge in [0.2, 0.25) is 23.3 Å². The minimum Gasteiger partial charge on any atom is -0.493 e. The molecule has 1 aliphatic rings. The number of carboxylic acid groups (broad SMARTS) is 2. The lowest BCUT2D eigenvalue weighted by Gasteiger charge is -2.32. The zero-order valence-corrected chi connectivity index (χ0v) is 29.9. The van der Waals surface area contributed by atoms with E-state index in [9.17, 15) is 29.4 Å². The summed E-state index contributed by atoms with van der Waals surface area (Å²) in [4.78, 5) is 53.6. The lowest BCUT2D eigenvalue weighted by atomic mass is 10.0. The van der Waals surface area contributed by atoms with E-state index in [0.29, 0.717) is 91.3 Å². The third-order valence-corrected chi connectivity index (χ3v) is 8.30. The largest absolute Gasteiger partial charge is 0.493 e. The first-order chi connectivity index (χ1) is 24.5. The summed E-state index contributed by atoms with van der Waals surface area (Å²) in [6.45, 7) is 2.16. The van der Waals surface area contributed by atoms with Crippen LogP contribution in [0.15, 0.2) is 35.9 Å². The average Bonchev–Trinajstić information content (AvgIpc) is 3.31. The van der Waals surface area contributed by atoms with E-state index in [-0.39, 0.29) is 36.8 Å². The molecule has 1 fully saturated rings. The fraction of sp³-hybridized carbons (Fsp3) is 0.486. The molecule has 2 amide bonds. The highest BCUT2D eigenvalue weighted by Gasteiger charge is 2.32. The molecule has 1 unspecified atom stereocenters. The average molecular weight is 717 g/mol. The number of rotatable bonds is 19. The molecule has 1 heterocycles. The number of carboxylic acids is 2. The SMILES string of the molecule is COc1cc(NC(=O)CCCN2CCCN(CCCC(=O)Nc3cc(OC)c(OC)c(OC)c3)C(/C(=C\C(=O)O)C(=O)O)C2)cc(OC)c1OC. The maximum atomic E-state index is 12.9. The second kappa shape index (κ2) is 19.8. The monoisotopic (exact) mass is 716 g/mol. The molecule has 1 aliphatic heterocycles. The number of nitrogens with zero attached hydrogens (tertiary/aromatic N) is 2. The van der Waals surface area contributed by atoms with Crippen molar-refractivity contribution in [2.24, 2.45) is 0 Å². The number of nitrogens with one attached hydrogen (secondary N) is 2. The lowest BCUT2D eigenvalue weighted by Crippen LogP contribution is -2.45. The molecule has 0 radical (unpaired) electrons. The van der Waals surface area contributed by atoms with E-state index >= 15 is 0 Å². The summed E-state index contributed by atoms with van der Waals surface area (Å²) in [5.41, 5.74) is 0.672. The molecule has 51 heavy (non-hydrogen) atoms. The molecule has 280 valence electrons. The normalized spacial score (nSPS) is 15.3. The highest BCUT2D eigenvalue weighted by atomic mass is 16.5. The van der Waals surface area contributed by atoms with Crippen LogP contribution in [0.25, 0.3) is 0 Å². The maximum absolute atomic E-state index is 12.9.